The number of benzene rings is 1. The first-order chi connectivity index (χ1) is 12.3. The zero-order valence-electron chi connectivity index (χ0n) is 15.6. The molecule has 0 bridgehead atoms. The van der Waals surface area contributed by atoms with Gasteiger partial charge < -0.3 is 9.47 Å². The first-order valence-corrected chi connectivity index (χ1v) is 9.66. The number of ether oxygens (including phenoxy) is 2. The number of halogens is 1. The van der Waals surface area contributed by atoms with Crippen molar-refractivity contribution < 1.29 is 19.1 Å². The third-order valence-electron chi connectivity index (χ3n) is 5.29. The minimum absolute atomic E-state index is 0.139. The minimum atomic E-state index is -0.840. The maximum Gasteiger partial charge on any atom is 0.343 e. The van der Waals surface area contributed by atoms with Crippen LogP contribution in [0.5, 0.6) is 0 Å². The highest BCUT2D eigenvalue weighted by Gasteiger charge is 2.52. The molecule has 1 spiro atoms. The molecule has 0 N–H and O–H groups in total. The fraction of sp³-hybridized carbons (Fsp3) is 0.524. The molecule has 2 aliphatic rings. The van der Waals surface area contributed by atoms with E-state index >= 15 is 0 Å². The Hall–Kier alpha value is -1.81. The lowest BCUT2D eigenvalue weighted by molar-refractivity contribution is -0.159. The molecule has 1 saturated carbocycles. The summed E-state index contributed by atoms with van der Waals surface area (Å²) >= 11 is 5.94. The van der Waals surface area contributed by atoms with Gasteiger partial charge in [-0.05, 0) is 57.6 Å². The van der Waals surface area contributed by atoms with E-state index in [1.807, 2.05) is 31.2 Å². The summed E-state index contributed by atoms with van der Waals surface area (Å²) in [5.41, 5.74) is 0.408. The van der Waals surface area contributed by atoms with Crippen LogP contribution in [0.25, 0.3) is 5.57 Å². The van der Waals surface area contributed by atoms with Crippen molar-refractivity contribution in [3.05, 3.63) is 41.2 Å². The summed E-state index contributed by atoms with van der Waals surface area (Å²) < 4.78 is 11.7. The molecule has 0 aromatic heterocycles. The molecule has 26 heavy (non-hydrogen) atoms. The van der Waals surface area contributed by atoms with Gasteiger partial charge >= 0.3 is 11.9 Å². The van der Waals surface area contributed by atoms with Gasteiger partial charge in [0.2, 0.25) is 0 Å². The topological polar surface area (TPSA) is 52.6 Å². The number of alkyl halides is 1. The fourth-order valence-corrected chi connectivity index (χ4v) is 3.67. The van der Waals surface area contributed by atoms with Crippen LogP contribution < -0.4 is 0 Å². The molecule has 4 nitrogen and oxygen atoms in total. The Balaban J connectivity index is 2.12. The second kappa shape index (κ2) is 7.07. The largest absolute Gasteiger partial charge is 0.447 e. The van der Waals surface area contributed by atoms with E-state index in [-0.39, 0.29) is 5.88 Å². The molecule has 1 aliphatic carbocycles. The summed E-state index contributed by atoms with van der Waals surface area (Å²) in [5.74, 6) is -0.329. The Labute approximate surface area is 159 Å². The van der Waals surface area contributed by atoms with Gasteiger partial charge in [0.15, 0.2) is 11.4 Å². The van der Waals surface area contributed by atoms with E-state index in [1.54, 1.807) is 13.8 Å². The normalized spacial score (nSPS) is 19.6. The molecule has 0 amide bonds. The standard InChI is InChI=1S/C21H25ClO4/c1-14-9-5-6-10-15(14)16-17(25-19(24)20(2,3)13-22)21(26-18(16)23)11-7-4-8-12-21/h5-6,9-10H,4,7-8,11-13H2,1-3H3. The molecule has 140 valence electrons. The second-order valence-corrected chi connectivity index (χ2v) is 8.14. The molecule has 1 aromatic rings. The average molecular weight is 377 g/mol. The van der Waals surface area contributed by atoms with E-state index in [0.29, 0.717) is 24.2 Å². The van der Waals surface area contributed by atoms with Gasteiger partial charge in [-0.1, -0.05) is 30.7 Å². The molecule has 0 unspecified atom stereocenters. The average Bonchev–Trinajstić information content (AvgIpc) is 2.87. The lowest BCUT2D eigenvalue weighted by atomic mass is 9.82. The van der Waals surface area contributed by atoms with Crippen molar-refractivity contribution >= 4 is 29.1 Å². The van der Waals surface area contributed by atoms with Crippen molar-refractivity contribution in [2.75, 3.05) is 5.88 Å². The predicted molar refractivity (Wildman–Crippen MR) is 101 cm³/mol. The van der Waals surface area contributed by atoms with Crippen molar-refractivity contribution in [1.82, 2.24) is 0 Å². The molecular weight excluding hydrogens is 352 g/mol. The summed E-state index contributed by atoms with van der Waals surface area (Å²) in [5, 5.41) is 0. The van der Waals surface area contributed by atoms with E-state index in [4.69, 9.17) is 21.1 Å². The second-order valence-electron chi connectivity index (χ2n) is 7.87. The zero-order valence-corrected chi connectivity index (χ0v) is 16.3. The Morgan fingerprint density at radius 1 is 1.23 bits per heavy atom. The maximum absolute atomic E-state index is 12.8. The van der Waals surface area contributed by atoms with Crippen LogP contribution in [0.3, 0.4) is 0 Å². The summed E-state index contributed by atoms with van der Waals surface area (Å²) in [6.07, 6.45) is 4.33. The smallest absolute Gasteiger partial charge is 0.343 e. The van der Waals surface area contributed by atoms with Crippen LogP contribution in [0.2, 0.25) is 0 Å². The molecule has 1 aliphatic heterocycles. The van der Waals surface area contributed by atoms with Crippen LogP contribution in [0.1, 0.15) is 57.1 Å². The third-order valence-corrected chi connectivity index (χ3v) is 5.96. The van der Waals surface area contributed by atoms with Crippen LogP contribution >= 0.6 is 11.6 Å². The maximum atomic E-state index is 12.8. The van der Waals surface area contributed by atoms with Crippen molar-refractivity contribution in [2.45, 2.75) is 58.5 Å². The monoisotopic (exact) mass is 376 g/mol. The van der Waals surface area contributed by atoms with Gasteiger partial charge in [-0.15, -0.1) is 11.6 Å². The summed E-state index contributed by atoms with van der Waals surface area (Å²) in [7, 11) is 0. The van der Waals surface area contributed by atoms with Crippen LogP contribution in [0.4, 0.5) is 0 Å². The van der Waals surface area contributed by atoms with Crippen LogP contribution in [0, 0.1) is 12.3 Å². The van der Waals surface area contributed by atoms with Crippen molar-refractivity contribution in [1.29, 1.82) is 0 Å². The van der Waals surface area contributed by atoms with Crippen molar-refractivity contribution in [3.63, 3.8) is 0 Å². The van der Waals surface area contributed by atoms with Gasteiger partial charge in [0.05, 0.1) is 5.41 Å². The first-order valence-electron chi connectivity index (χ1n) is 9.13. The highest BCUT2D eigenvalue weighted by molar-refractivity contribution is 6.21. The van der Waals surface area contributed by atoms with Crippen molar-refractivity contribution in [3.8, 4) is 0 Å². The number of hydrogen-bond donors (Lipinski definition) is 0. The lowest BCUT2D eigenvalue weighted by Crippen LogP contribution is -2.38. The minimum Gasteiger partial charge on any atom is -0.447 e. The van der Waals surface area contributed by atoms with Crippen LogP contribution in [0.15, 0.2) is 30.0 Å². The van der Waals surface area contributed by atoms with E-state index in [0.717, 1.165) is 30.4 Å². The zero-order chi connectivity index (χ0) is 18.9. The van der Waals surface area contributed by atoms with Gasteiger partial charge in [0, 0.05) is 5.88 Å². The highest BCUT2D eigenvalue weighted by Crippen LogP contribution is 2.48. The molecular formula is C21H25ClO4. The highest BCUT2D eigenvalue weighted by atomic mass is 35.5. The third kappa shape index (κ3) is 3.27. The Bertz CT molecular complexity index is 757. The summed E-state index contributed by atoms with van der Waals surface area (Å²) in [4.78, 5) is 25.6. The predicted octanol–water partition coefficient (Wildman–Crippen LogP) is 4.77. The molecule has 1 heterocycles. The SMILES string of the molecule is Cc1ccccc1C1=C(OC(=O)C(C)(C)CCl)C2(CCCCC2)OC1=O. The molecule has 1 fully saturated rings. The van der Waals surface area contributed by atoms with E-state index < -0.39 is 23.0 Å². The Morgan fingerprint density at radius 3 is 2.50 bits per heavy atom. The van der Waals surface area contributed by atoms with Crippen LogP contribution in [-0.4, -0.2) is 23.4 Å². The van der Waals surface area contributed by atoms with E-state index in [2.05, 4.69) is 0 Å². The number of rotatable bonds is 4. The van der Waals surface area contributed by atoms with Crippen molar-refractivity contribution in [2.24, 2.45) is 5.41 Å². The quantitative estimate of drug-likeness (QED) is 0.560. The molecule has 3 rings (SSSR count). The first kappa shape index (κ1) is 19.0. The van der Waals surface area contributed by atoms with Gasteiger partial charge in [-0.25, -0.2) is 4.79 Å². The van der Waals surface area contributed by atoms with E-state index in [9.17, 15) is 9.59 Å². The number of carbonyl (C=O) groups is 2. The number of aryl methyl sites for hydroxylation is 1. The Morgan fingerprint density at radius 2 is 1.88 bits per heavy atom. The van der Waals surface area contributed by atoms with E-state index in [1.165, 1.54) is 0 Å². The number of esters is 2. The van der Waals surface area contributed by atoms with Crippen LogP contribution in [-0.2, 0) is 19.1 Å². The molecule has 0 radical (unpaired) electrons. The van der Waals surface area contributed by atoms with Gasteiger partial charge in [-0.2, -0.15) is 0 Å². The molecule has 0 saturated heterocycles. The van der Waals surface area contributed by atoms with Gasteiger partial charge in [-0.3, -0.25) is 4.79 Å². The molecule has 0 atom stereocenters. The lowest BCUT2D eigenvalue weighted by Gasteiger charge is -2.34. The van der Waals surface area contributed by atoms with Gasteiger partial charge in [0.25, 0.3) is 0 Å². The number of carbonyl (C=O) groups excluding carboxylic acids is 2. The fourth-order valence-electron chi connectivity index (χ4n) is 3.56. The number of hydrogen-bond acceptors (Lipinski definition) is 4. The summed E-state index contributed by atoms with van der Waals surface area (Å²) in [6, 6.07) is 7.59. The Kier molecular flexibility index (Phi) is 5.16. The molecule has 1 aromatic carbocycles. The molecule has 5 heteroatoms. The van der Waals surface area contributed by atoms with Gasteiger partial charge in [0.1, 0.15) is 5.57 Å². The summed E-state index contributed by atoms with van der Waals surface area (Å²) in [6.45, 7) is 5.41.